The molecule has 0 aliphatic carbocycles. The Labute approximate surface area is 190 Å². The SMILES string of the molecule is O=CNC(Cc1ccccc1)C(=O)NCC(=O)NC(Cc1ccc(OP(O)O)cc1)C(=O)O. The van der Waals surface area contributed by atoms with Gasteiger partial charge in [0.1, 0.15) is 17.8 Å². The summed E-state index contributed by atoms with van der Waals surface area (Å²) in [5.74, 6) is -2.38. The van der Waals surface area contributed by atoms with Crippen LogP contribution in [0.15, 0.2) is 54.6 Å². The first-order chi connectivity index (χ1) is 15.8. The third-order valence-corrected chi connectivity index (χ3v) is 4.85. The normalized spacial score (nSPS) is 12.3. The number of hydrogen-bond donors (Lipinski definition) is 6. The summed E-state index contributed by atoms with van der Waals surface area (Å²) in [6.45, 7) is -0.474. The van der Waals surface area contributed by atoms with E-state index in [0.717, 1.165) is 5.56 Å². The summed E-state index contributed by atoms with van der Waals surface area (Å²) in [7, 11) is -2.57. The van der Waals surface area contributed by atoms with Crippen LogP contribution in [0.2, 0.25) is 0 Å². The van der Waals surface area contributed by atoms with E-state index in [9.17, 15) is 24.3 Å². The molecule has 0 aromatic heterocycles. The summed E-state index contributed by atoms with van der Waals surface area (Å²) in [6.07, 6.45) is 0.566. The molecule has 0 radical (unpaired) electrons. The predicted molar refractivity (Wildman–Crippen MR) is 118 cm³/mol. The fraction of sp³-hybridized carbons (Fsp3) is 0.238. The van der Waals surface area contributed by atoms with E-state index < -0.39 is 45.0 Å². The molecule has 0 aliphatic rings. The topological polar surface area (TPSA) is 174 Å². The quantitative estimate of drug-likeness (QED) is 0.171. The second-order valence-corrected chi connectivity index (χ2v) is 7.58. The van der Waals surface area contributed by atoms with Gasteiger partial charge in [-0.15, -0.1) is 0 Å². The van der Waals surface area contributed by atoms with Crippen LogP contribution < -0.4 is 20.5 Å². The second-order valence-electron chi connectivity index (χ2n) is 6.90. The van der Waals surface area contributed by atoms with Crippen LogP contribution in [0.3, 0.4) is 0 Å². The summed E-state index contributed by atoms with van der Waals surface area (Å²) in [6, 6.07) is 12.8. The minimum atomic E-state index is -2.57. The zero-order valence-electron chi connectivity index (χ0n) is 17.4. The van der Waals surface area contributed by atoms with Gasteiger partial charge in [-0.2, -0.15) is 0 Å². The molecule has 0 bridgehead atoms. The number of rotatable bonds is 13. The average Bonchev–Trinajstić information content (AvgIpc) is 2.78. The van der Waals surface area contributed by atoms with Crippen LogP contribution >= 0.6 is 8.60 Å². The number of nitrogens with one attached hydrogen (secondary N) is 3. The standard InChI is InChI=1S/C21H24N3O8P/c25-13-23-17(10-14-4-2-1-3-5-14)20(27)22-12-19(26)24-18(21(28)29)11-15-6-8-16(9-7-15)32-33(30)31/h1-9,13,17-18,30-31H,10-12H2,(H,22,27)(H,23,25)(H,24,26)(H,28,29). The lowest BCUT2D eigenvalue weighted by Gasteiger charge is -2.18. The van der Waals surface area contributed by atoms with E-state index in [4.69, 9.17) is 14.3 Å². The first-order valence-electron chi connectivity index (χ1n) is 9.76. The highest BCUT2D eigenvalue weighted by atomic mass is 31.2. The van der Waals surface area contributed by atoms with Gasteiger partial charge in [0.25, 0.3) is 0 Å². The first-order valence-corrected chi connectivity index (χ1v) is 10.9. The molecule has 0 fully saturated rings. The van der Waals surface area contributed by atoms with Crippen molar-refractivity contribution in [3.63, 3.8) is 0 Å². The van der Waals surface area contributed by atoms with Crippen LogP contribution in [0, 0.1) is 0 Å². The fourth-order valence-corrected chi connectivity index (χ4v) is 3.22. The molecule has 176 valence electrons. The van der Waals surface area contributed by atoms with E-state index in [1.54, 1.807) is 24.3 Å². The van der Waals surface area contributed by atoms with Gasteiger partial charge < -0.3 is 35.4 Å². The van der Waals surface area contributed by atoms with E-state index in [2.05, 4.69) is 16.0 Å². The average molecular weight is 477 g/mol. The summed E-state index contributed by atoms with van der Waals surface area (Å²) in [5.41, 5.74) is 1.37. The maximum Gasteiger partial charge on any atom is 0.391 e. The summed E-state index contributed by atoms with van der Waals surface area (Å²) < 4.78 is 4.74. The first kappa shape index (κ1) is 25.7. The zero-order valence-corrected chi connectivity index (χ0v) is 18.3. The lowest BCUT2D eigenvalue weighted by Crippen LogP contribution is -2.50. The number of amides is 3. The molecule has 12 heteroatoms. The number of carbonyl (C=O) groups is 4. The van der Waals surface area contributed by atoms with E-state index in [1.807, 2.05) is 6.07 Å². The Hall–Kier alpha value is -3.53. The van der Waals surface area contributed by atoms with Crippen LogP contribution in [0.1, 0.15) is 11.1 Å². The molecule has 2 rings (SSSR count). The minimum absolute atomic E-state index is 0.0500. The van der Waals surface area contributed by atoms with Gasteiger partial charge in [-0.25, -0.2) is 4.79 Å². The molecule has 11 nitrogen and oxygen atoms in total. The van der Waals surface area contributed by atoms with Crippen LogP contribution in [0.5, 0.6) is 5.75 Å². The highest BCUT2D eigenvalue weighted by Gasteiger charge is 2.22. The van der Waals surface area contributed by atoms with Gasteiger partial charge in [0, 0.05) is 12.8 Å². The highest BCUT2D eigenvalue weighted by molar-refractivity contribution is 7.39. The number of aliphatic carboxylic acids is 1. The summed E-state index contributed by atoms with van der Waals surface area (Å²) in [5, 5.41) is 16.6. The third-order valence-electron chi connectivity index (χ3n) is 4.48. The van der Waals surface area contributed by atoms with E-state index in [-0.39, 0.29) is 18.6 Å². The Morgan fingerprint density at radius 3 is 2.12 bits per heavy atom. The summed E-state index contributed by atoms with van der Waals surface area (Å²) >= 11 is 0. The minimum Gasteiger partial charge on any atom is -0.480 e. The Balaban J connectivity index is 1.89. The molecule has 3 amide bonds. The number of carboxylic acid groups (broad SMARTS) is 1. The van der Waals surface area contributed by atoms with Gasteiger partial charge in [0.2, 0.25) is 18.2 Å². The van der Waals surface area contributed by atoms with Crippen LogP contribution in [-0.2, 0) is 32.0 Å². The van der Waals surface area contributed by atoms with Gasteiger partial charge in [-0.3, -0.25) is 14.4 Å². The second kappa shape index (κ2) is 13.1. The van der Waals surface area contributed by atoms with Crippen molar-refractivity contribution in [3.05, 3.63) is 65.7 Å². The van der Waals surface area contributed by atoms with E-state index >= 15 is 0 Å². The smallest absolute Gasteiger partial charge is 0.391 e. The van der Waals surface area contributed by atoms with Gasteiger partial charge in [0.05, 0.1) is 6.54 Å². The van der Waals surface area contributed by atoms with Gasteiger partial charge >= 0.3 is 14.6 Å². The largest absolute Gasteiger partial charge is 0.480 e. The third kappa shape index (κ3) is 9.24. The van der Waals surface area contributed by atoms with Crippen LogP contribution in [0.25, 0.3) is 0 Å². The molecule has 0 aliphatic heterocycles. The molecule has 0 saturated carbocycles. The Kier molecular flexibility index (Phi) is 10.2. The van der Waals surface area contributed by atoms with Gasteiger partial charge in [-0.05, 0) is 23.3 Å². The van der Waals surface area contributed by atoms with Crippen molar-refractivity contribution in [2.45, 2.75) is 24.9 Å². The monoisotopic (exact) mass is 477 g/mol. The molecule has 2 aromatic rings. The predicted octanol–water partition coefficient (Wildman–Crippen LogP) is -0.138. The Morgan fingerprint density at radius 1 is 0.939 bits per heavy atom. The Morgan fingerprint density at radius 2 is 1.55 bits per heavy atom. The maximum atomic E-state index is 12.4. The van der Waals surface area contributed by atoms with Crippen molar-refractivity contribution < 1.29 is 38.6 Å². The molecule has 6 N–H and O–H groups in total. The lowest BCUT2D eigenvalue weighted by atomic mass is 10.1. The molecule has 0 spiro atoms. The van der Waals surface area contributed by atoms with Crippen molar-refractivity contribution in [1.29, 1.82) is 0 Å². The number of hydrogen-bond acceptors (Lipinski definition) is 7. The van der Waals surface area contributed by atoms with Crippen molar-refractivity contribution in [2.24, 2.45) is 0 Å². The molecular formula is C21H24N3O8P. The lowest BCUT2D eigenvalue weighted by molar-refractivity contribution is -0.141. The molecular weight excluding hydrogens is 453 g/mol. The van der Waals surface area contributed by atoms with Gasteiger partial charge in [0.15, 0.2) is 0 Å². The van der Waals surface area contributed by atoms with E-state index in [1.165, 1.54) is 24.3 Å². The molecule has 0 saturated heterocycles. The zero-order chi connectivity index (χ0) is 24.2. The fourth-order valence-electron chi connectivity index (χ4n) is 2.91. The maximum absolute atomic E-state index is 12.4. The summed E-state index contributed by atoms with van der Waals surface area (Å²) in [4.78, 5) is 64.7. The van der Waals surface area contributed by atoms with Crippen LogP contribution in [0.4, 0.5) is 0 Å². The molecule has 2 aromatic carbocycles. The van der Waals surface area contributed by atoms with Crippen molar-refractivity contribution in [1.82, 2.24) is 16.0 Å². The van der Waals surface area contributed by atoms with Gasteiger partial charge in [-0.1, -0.05) is 42.5 Å². The van der Waals surface area contributed by atoms with Crippen molar-refractivity contribution in [2.75, 3.05) is 6.54 Å². The van der Waals surface area contributed by atoms with Crippen molar-refractivity contribution >= 4 is 32.8 Å². The molecule has 2 atom stereocenters. The number of benzene rings is 2. The van der Waals surface area contributed by atoms with E-state index in [0.29, 0.717) is 12.0 Å². The molecule has 0 heterocycles. The van der Waals surface area contributed by atoms with Crippen LogP contribution in [-0.4, -0.2) is 57.7 Å². The molecule has 33 heavy (non-hydrogen) atoms. The molecule has 2 unspecified atom stereocenters. The van der Waals surface area contributed by atoms with Crippen molar-refractivity contribution in [3.8, 4) is 5.75 Å². The number of carboxylic acids is 1. The highest BCUT2D eigenvalue weighted by Crippen LogP contribution is 2.28. The Bertz CT molecular complexity index is 940. The number of carbonyl (C=O) groups excluding carboxylic acids is 3.